The van der Waals surface area contributed by atoms with Crippen LogP contribution < -0.4 is 9.96 Å². The van der Waals surface area contributed by atoms with Gasteiger partial charge in [0, 0.05) is 11.1 Å². The molecular weight excluding hydrogens is 216 g/mol. The van der Waals surface area contributed by atoms with Crippen LogP contribution in [0.25, 0.3) is 0 Å². The van der Waals surface area contributed by atoms with E-state index in [2.05, 4.69) is 65.4 Å². The third kappa shape index (κ3) is 10.6. The van der Waals surface area contributed by atoms with E-state index in [-0.39, 0.29) is 11.1 Å². The Bertz CT molecular complexity index is 178. The quantitative estimate of drug-likeness (QED) is 0.729. The fourth-order valence-electron chi connectivity index (χ4n) is 1.26. The Morgan fingerprint density at radius 2 is 1.31 bits per heavy atom. The lowest BCUT2D eigenvalue weighted by Crippen LogP contribution is -2.62. The van der Waals surface area contributed by atoms with Crippen LogP contribution in [0.4, 0.5) is 0 Å². The van der Waals surface area contributed by atoms with Crippen molar-refractivity contribution in [1.82, 2.24) is 9.96 Å². The monoisotopic (exact) mass is 245 g/mol. The van der Waals surface area contributed by atoms with Gasteiger partial charge in [-0.3, -0.25) is 0 Å². The van der Waals surface area contributed by atoms with E-state index in [1.165, 1.54) is 0 Å². The van der Waals surface area contributed by atoms with Gasteiger partial charge >= 0.3 is 0 Å². The van der Waals surface area contributed by atoms with Gasteiger partial charge in [-0.1, -0.05) is 0 Å². The number of nitrogens with one attached hydrogen (secondary N) is 2. The summed E-state index contributed by atoms with van der Waals surface area (Å²) in [6.45, 7) is 17.3. The fraction of sp³-hybridized carbons (Fsp3) is 1.00. The van der Waals surface area contributed by atoms with Crippen molar-refractivity contribution >= 4 is 9.12 Å². The standard InChI is InChI=1S/C12H29N2OSi/c1-10(2)15-9-16(13-11(3,4)5)14-12(6,7)8/h10,13-14H,9H2,1-8H3. The molecule has 0 saturated heterocycles. The third-order valence-electron chi connectivity index (χ3n) is 1.61. The SMILES string of the molecule is CC(C)OC[Si](NC(C)(C)C)NC(C)(C)C. The Morgan fingerprint density at radius 3 is 1.56 bits per heavy atom. The molecule has 0 heterocycles. The number of hydrogen-bond donors (Lipinski definition) is 2. The summed E-state index contributed by atoms with van der Waals surface area (Å²) in [5.41, 5.74) is 0.264. The molecule has 0 atom stereocenters. The Labute approximate surface area is 103 Å². The fourth-order valence-corrected chi connectivity index (χ4v) is 3.78. The largest absolute Gasteiger partial charge is 0.379 e. The first kappa shape index (κ1) is 16.1. The highest BCUT2D eigenvalue weighted by molar-refractivity contribution is 6.53. The first-order valence-electron chi connectivity index (χ1n) is 6.03. The van der Waals surface area contributed by atoms with Crippen LogP contribution in [-0.4, -0.2) is 32.5 Å². The van der Waals surface area contributed by atoms with Crippen molar-refractivity contribution in [2.45, 2.75) is 72.6 Å². The molecule has 97 valence electrons. The molecule has 3 nitrogen and oxygen atoms in total. The average molecular weight is 245 g/mol. The van der Waals surface area contributed by atoms with Crippen molar-refractivity contribution in [3.63, 3.8) is 0 Å². The summed E-state index contributed by atoms with van der Waals surface area (Å²) in [5, 5.41) is 0. The van der Waals surface area contributed by atoms with Crippen LogP contribution in [0.5, 0.6) is 0 Å². The van der Waals surface area contributed by atoms with Crippen molar-refractivity contribution in [3.05, 3.63) is 0 Å². The highest BCUT2D eigenvalue weighted by Gasteiger charge is 2.24. The van der Waals surface area contributed by atoms with Gasteiger partial charge in [0.25, 0.3) is 9.12 Å². The van der Waals surface area contributed by atoms with E-state index in [1.54, 1.807) is 0 Å². The molecular formula is C12H29N2OSi. The van der Waals surface area contributed by atoms with Crippen LogP contribution in [0.3, 0.4) is 0 Å². The number of hydrogen-bond acceptors (Lipinski definition) is 3. The minimum Gasteiger partial charge on any atom is -0.379 e. The van der Waals surface area contributed by atoms with Crippen molar-refractivity contribution in [2.24, 2.45) is 0 Å². The van der Waals surface area contributed by atoms with Crippen molar-refractivity contribution in [3.8, 4) is 0 Å². The second-order valence-electron chi connectivity index (χ2n) is 6.59. The molecule has 0 aromatic rings. The molecule has 0 aromatic heterocycles. The maximum atomic E-state index is 5.72. The van der Waals surface area contributed by atoms with Crippen molar-refractivity contribution < 1.29 is 4.74 Å². The molecule has 1 radical (unpaired) electrons. The van der Waals surface area contributed by atoms with Gasteiger partial charge in [0.2, 0.25) is 0 Å². The molecule has 0 aliphatic heterocycles. The van der Waals surface area contributed by atoms with E-state index >= 15 is 0 Å². The minimum atomic E-state index is -0.877. The first-order valence-corrected chi connectivity index (χ1v) is 7.74. The number of rotatable bonds is 5. The van der Waals surface area contributed by atoms with Crippen LogP contribution in [0.1, 0.15) is 55.4 Å². The summed E-state index contributed by atoms with van der Waals surface area (Å²) < 4.78 is 5.72. The molecule has 0 rings (SSSR count). The van der Waals surface area contributed by atoms with Crippen LogP contribution in [0.2, 0.25) is 0 Å². The molecule has 4 heteroatoms. The summed E-state index contributed by atoms with van der Waals surface area (Å²) in [6.07, 6.45) is 1.08. The first-order chi connectivity index (χ1) is 6.99. The van der Waals surface area contributed by atoms with Crippen LogP contribution in [-0.2, 0) is 4.74 Å². The average Bonchev–Trinajstić information content (AvgIpc) is 1.93. The molecule has 0 fully saturated rings. The predicted molar refractivity (Wildman–Crippen MR) is 72.6 cm³/mol. The maximum Gasteiger partial charge on any atom is 0.252 e. The summed E-state index contributed by atoms with van der Waals surface area (Å²) >= 11 is 0. The summed E-state index contributed by atoms with van der Waals surface area (Å²) in [7, 11) is -0.877. The van der Waals surface area contributed by atoms with Gasteiger partial charge in [0.15, 0.2) is 0 Å². The second-order valence-corrected chi connectivity index (χ2v) is 8.33. The van der Waals surface area contributed by atoms with Gasteiger partial charge in [0.1, 0.15) is 0 Å². The van der Waals surface area contributed by atoms with Gasteiger partial charge in [-0.15, -0.1) is 0 Å². The molecule has 0 aromatic carbocycles. The molecule has 0 amide bonds. The van der Waals surface area contributed by atoms with Gasteiger partial charge in [-0.25, -0.2) is 0 Å². The second kappa shape index (κ2) is 6.14. The lowest BCUT2D eigenvalue weighted by atomic mass is 10.1. The lowest BCUT2D eigenvalue weighted by Gasteiger charge is -2.32. The maximum absolute atomic E-state index is 5.72. The van der Waals surface area contributed by atoms with E-state index in [9.17, 15) is 0 Å². The van der Waals surface area contributed by atoms with E-state index in [1.807, 2.05) is 0 Å². The molecule has 0 bridgehead atoms. The number of ether oxygens (including phenoxy) is 1. The Balaban J connectivity index is 4.28. The predicted octanol–water partition coefficient (Wildman–Crippen LogP) is 2.21. The van der Waals surface area contributed by atoms with Crippen LogP contribution in [0, 0.1) is 0 Å². The molecule has 0 aliphatic carbocycles. The van der Waals surface area contributed by atoms with Crippen molar-refractivity contribution in [1.29, 1.82) is 0 Å². The molecule has 2 N–H and O–H groups in total. The summed E-state index contributed by atoms with van der Waals surface area (Å²) in [5.74, 6) is 0. The minimum absolute atomic E-state index is 0.132. The zero-order valence-electron chi connectivity index (χ0n) is 12.2. The van der Waals surface area contributed by atoms with Gasteiger partial charge in [0.05, 0.1) is 12.3 Å². The van der Waals surface area contributed by atoms with Crippen LogP contribution in [0.15, 0.2) is 0 Å². The van der Waals surface area contributed by atoms with E-state index in [4.69, 9.17) is 4.74 Å². The Morgan fingerprint density at radius 1 is 0.938 bits per heavy atom. The van der Waals surface area contributed by atoms with Gasteiger partial charge in [-0.05, 0) is 55.4 Å². The zero-order valence-corrected chi connectivity index (χ0v) is 13.2. The van der Waals surface area contributed by atoms with E-state index in [0.717, 1.165) is 6.23 Å². The molecule has 16 heavy (non-hydrogen) atoms. The van der Waals surface area contributed by atoms with Crippen LogP contribution >= 0.6 is 0 Å². The zero-order chi connectivity index (χ0) is 13.0. The topological polar surface area (TPSA) is 33.3 Å². The Hall–Kier alpha value is 0.0969. The smallest absolute Gasteiger partial charge is 0.252 e. The molecule has 0 unspecified atom stereocenters. The summed E-state index contributed by atoms with van der Waals surface area (Å²) in [4.78, 5) is 7.27. The molecule has 0 saturated carbocycles. The highest BCUT2D eigenvalue weighted by Crippen LogP contribution is 2.04. The molecule has 0 spiro atoms. The van der Waals surface area contributed by atoms with Gasteiger partial charge in [-0.2, -0.15) is 0 Å². The molecule has 0 aliphatic rings. The Kier molecular flexibility index (Phi) is 6.18. The van der Waals surface area contributed by atoms with Crippen molar-refractivity contribution in [2.75, 3.05) is 6.23 Å². The summed E-state index contributed by atoms with van der Waals surface area (Å²) in [6, 6.07) is 0. The van der Waals surface area contributed by atoms with Gasteiger partial charge < -0.3 is 14.7 Å². The highest BCUT2D eigenvalue weighted by atomic mass is 28.3. The lowest BCUT2D eigenvalue weighted by molar-refractivity contribution is 0.110. The third-order valence-corrected chi connectivity index (χ3v) is 4.17. The van der Waals surface area contributed by atoms with E-state index in [0.29, 0.717) is 6.10 Å². The normalized spacial score (nSPS) is 13.9. The van der Waals surface area contributed by atoms with E-state index < -0.39 is 9.12 Å².